The van der Waals surface area contributed by atoms with E-state index in [0.29, 0.717) is 25.6 Å². The lowest BCUT2D eigenvalue weighted by atomic mass is 9.87. The van der Waals surface area contributed by atoms with E-state index in [2.05, 4.69) is 98.9 Å². The molecule has 1 fully saturated rings. The first-order chi connectivity index (χ1) is 18.4. The van der Waals surface area contributed by atoms with E-state index < -0.39 is 0 Å². The van der Waals surface area contributed by atoms with Gasteiger partial charge in [0.05, 0.1) is 5.69 Å². The summed E-state index contributed by atoms with van der Waals surface area (Å²) in [6, 6.07) is 25.7. The molecule has 38 heavy (non-hydrogen) atoms. The van der Waals surface area contributed by atoms with Gasteiger partial charge in [-0.3, -0.25) is 0 Å². The van der Waals surface area contributed by atoms with Crippen molar-refractivity contribution < 1.29 is 9.53 Å². The van der Waals surface area contributed by atoms with Gasteiger partial charge in [-0.25, -0.2) is 9.78 Å². The van der Waals surface area contributed by atoms with Gasteiger partial charge in [0.1, 0.15) is 11.6 Å². The molecule has 0 saturated carbocycles. The van der Waals surface area contributed by atoms with Crippen LogP contribution in [0.5, 0.6) is 0 Å². The summed E-state index contributed by atoms with van der Waals surface area (Å²) in [6.07, 6.45) is 1.62. The van der Waals surface area contributed by atoms with Crippen LogP contribution in [0, 0.1) is 0 Å². The first kappa shape index (κ1) is 24.9. The molecule has 2 aliphatic rings. The van der Waals surface area contributed by atoms with Gasteiger partial charge in [0.2, 0.25) is 0 Å². The van der Waals surface area contributed by atoms with Gasteiger partial charge in [-0.15, -0.1) is 11.3 Å². The van der Waals surface area contributed by atoms with Crippen molar-refractivity contribution in [1.82, 2.24) is 9.88 Å². The molecule has 1 saturated heterocycles. The van der Waals surface area contributed by atoms with Gasteiger partial charge in [0, 0.05) is 35.9 Å². The fourth-order valence-electron chi connectivity index (χ4n) is 5.76. The molecule has 1 aliphatic carbocycles. The van der Waals surface area contributed by atoms with Crippen LogP contribution >= 0.6 is 11.3 Å². The molecule has 0 bridgehead atoms. The van der Waals surface area contributed by atoms with Crippen LogP contribution in [-0.4, -0.2) is 35.7 Å². The number of fused-ring (bicyclic) bond motifs is 3. The van der Waals surface area contributed by atoms with Crippen LogP contribution in [0.25, 0.3) is 21.7 Å². The first-order valence-corrected chi connectivity index (χ1v) is 14.4. The van der Waals surface area contributed by atoms with Gasteiger partial charge in [0.25, 0.3) is 0 Å². The summed E-state index contributed by atoms with van der Waals surface area (Å²) in [5.41, 5.74) is 8.78. The summed E-state index contributed by atoms with van der Waals surface area (Å²) < 4.78 is 5.89. The highest BCUT2D eigenvalue weighted by molar-refractivity contribution is 7.13. The van der Waals surface area contributed by atoms with Gasteiger partial charge in [-0.05, 0) is 46.1 Å². The average molecular weight is 523 g/mol. The first-order valence-electron chi connectivity index (χ1n) is 13.5. The Kier molecular flexibility index (Phi) is 6.56. The third kappa shape index (κ3) is 4.76. The molecule has 0 N–H and O–H groups in total. The molecule has 1 amide bonds. The molecule has 0 radical (unpaired) electrons. The number of amides is 1. The highest BCUT2D eigenvalue weighted by Gasteiger charge is 2.31. The van der Waals surface area contributed by atoms with Crippen LogP contribution in [0.4, 0.5) is 4.79 Å². The maximum Gasteiger partial charge on any atom is 0.409 e. The minimum Gasteiger partial charge on any atom is -0.448 e. The predicted octanol–water partition coefficient (Wildman–Crippen LogP) is 8.24. The fraction of sp³-hybridized carbons (Fsp3) is 0.333. The highest BCUT2D eigenvalue weighted by atomic mass is 32.1. The van der Waals surface area contributed by atoms with E-state index in [0.717, 1.165) is 23.5 Å². The van der Waals surface area contributed by atoms with Crippen molar-refractivity contribution in [2.75, 3.05) is 19.7 Å². The number of aromatic nitrogens is 1. The van der Waals surface area contributed by atoms with Crippen molar-refractivity contribution in [2.24, 2.45) is 0 Å². The summed E-state index contributed by atoms with van der Waals surface area (Å²) in [4.78, 5) is 19.8. The molecule has 4 aromatic rings. The largest absolute Gasteiger partial charge is 0.448 e. The van der Waals surface area contributed by atoms with Crippen LogP contribution in [0.15, 0.2) is 78.2 Å². The number of hydrogen-bond acceptors (Lipinski definition) is 4. The Morgan fingerprint density at radius 1 is 0.921 bits per heavy atom. The second kappa shape index (κ2) is 10.0. The highest BCUT2D eigenvalue weighted by Crippen LogP contribution is 2.44. The van der Waals surface area contributed by atoms with E-state index in [1.807, 2.05) is 4.90 Å². The van der Waals surface area contributed by atoms with Crippen LogP contribution in [0.2, 0.25) is 0 Å². The van der Waals surface area contributed by atoms with E-state index in [9.17, 15) is 4.79 Å². The molecule has 1 aromatic heterocycles. The van der Waals surface area contributed by atoms with E-state index in [1.165, 1.54) is 33.4 Å². The minimum absolute atomic E-state index is 0.0924. The molecule has 6 rings (SSSR count). The Balaban J connectivity index is 1.05. The molecule has 5 heteroatoms. The Morgan fingerprint density at radius 2 is 1.53 bits per heavy atom. The number of carbonyl (C=O) groups is 1. The topological polar surface area (TPSA) is 42.4 Å². The maximum absolute atomic E-state index is 13.0. The number of likely N-dealkylation sites (tertiary alicyclic amines) is 1. The van der Waals surface area contributed by atoms with E-state index in [1.54, 1.807) is 11.3 Å². The van der Waals surface area contributed by atoms with Crippen molar-refractivity contribution >= 4 is 17.4 Å². The number of nitrogens with zero attached hydrogens (tertiary/aromatic N) is 2. The fourth-order valence-corrected chi connectivity index (χ4v) is 6.67. The Labute approximate surface area is 229 Å². The van der Waals surface area contributed by atoms with Crippen LogP contribution in [0.3, 0.4) is 0 Å². The van der Waals surface area contributed by atoms with Crippen LogP contribution in [-0.2, 0) is 10.2 Å². The lowest BCUT2D eigenvalue weighted by Gasteiger charge is -2.31. The summed E-state index contributed by atoms with van der Waals surface area (Å²) in [7, 11) is 0. The predicted molar refractivity (Wildman–Crippen MR) is 155 cm³/mol. The smallest absolute Gasteiger partial charge is 0.409 e. The number of piperidine rings is 1. The number of hydrogen-bond donors (Lipinski definition) is 0. The number of carbonyl (C=O) groups excluding carboxylic acids is 1. The third-order valence-electron chi connectivity index (χ3n) is 8.03. The Morgan fingerprint density at radius 3 is 2.13 bits per heavy atom. The summed E-state index contributed by atoms with van der Waals surface area (Å²) in [5.74, 6) is 0.473. The number of rotatable bonds is 4. The monoisotopic (exact) mass is 522 g/mol. The van der Waals surface area contributed by atoms with Gasteiger partial charge in [0.15, 0.2) is 0 Å². The quantitative estimate of drug-likeness (QED) is 0.271. The van der Waals surface area contributed by atoms with Crippen LogP contribution < -0.4 is 0 Å². The molecule has 2 heterocycles. The maximum atomic E-state index is 13.0. The van der Waals surface area contributed by atoms with Crippen molar-refractivity contribution in [2.45, 2.75) is 50.9 Å². The standard InChI is InChI=1S/C33H34N2O2S/c1-33(2,3)24-14-12-23(13-15-24)31-34-30(21-38-31)22-16-18-35(19-17-22)32(36)37-20-29-27-10-6-4-8-25(27)26-9-5-7-11-28(26)29/h4-15,21-22,29H,16-20H2,1-3H3. The van der Waals surface area contributed by atoms with Crippen molar-refractivity contribution in [1.29, 1.82) is 0 Å². The van der Waals surface area contributed by atoms with Gasteiger partial charge >= 0.3 is 6.09 Å². The lowest BCUT2D eigenvalue weighted by molar-refractivity contribution is 0.0902. The van der Waals surface area contributed by atoms with Crippen molar-refractivity contribution in [3.05, 3.63) is 101 Å². The Hall–Kier alpha value is -3.44. The normalized spacial score (nSPS) is 15.8. The second-order valence-electron chi connectivity index (χ2n) is 11.5. The van der Waals surface area contributed by atoms with Gasteiger partial charge < -0.3 is 9.64 Å². The number of ether oxygens (including phenoxy) is 1. The molecule has 4 nitrogen and oxygen atoms in total. The number of thiazole rings is 1. The minimum atomic E-state index is -0.205. The Bertz CT molecular complexity index is 1400. The third-order valence-corrected chi connectivity index (χ3v) is 8.94. The molecule has 1 aliphatic heterocycles. The molecular formula is C33H34N2O2S. The second-order valence-corrected chi connectivity index (χ2v) is 12.3. The zero-order chi connectivity index (χ0) is 26.3. The van der Waals surface area contributed by atoms with E-state index in [4.69, 9.17) is 9.72 Å². The van der Waals surface area contributed by atoms with Crippen LogP contribution in [0.1, 0.15) is 67.8 Å². The zero-order valence-electron chi connectivity index (χ0n) is 22.3. The molecule has 0 atom stereocenters. The van der Waals surface area contributed by atoms with Gasteiger partial charge in [-0.1, -0.05) is 93.6 Å². The SMILES string of the molecule is CC(C)(C)c1ccc(-c2nc(C3CCN(C(=O)OCC4c5ccccc5-c5ccccc54)CC3)cs2)cc1. The summed E-state index contributed by atoms with van der Waals surface area (Å²) >= 11 is 1.71. The molecule has 0 spiro atoms. The average Bonchev–Trinajstić information content (AvgIpc) is 3.55. The molecule has 0 unspecified atom stereocenters. The van der Waals surface area contributed by atoms with E-state index in [-0.39, 0.29) is 17.4 Å². The number of benzene rings is 3. The van der Waals surface area contributed by atoms with Crippen molar-refractivity contribution in [3.8, 4) is 21.7 Å². The lowest BCUT2D eigenvalue weighted by Crippen LogP contribution is -2.38. The molecule has 194 valence electrons. The van der Waals surface area contributed by atoms with Crippen molar-refractivity contribution in [3.63, 3.8) is 0 Å². The van der Waals surface area contributed by atoms with E-state index >= 15 is 0 Å². The van der Waals surface area contributed by atoms with Gasteiger partial charge in [-0.2, -0.15) is 0 Å². The summed E-state index contributed by atoms with van der Waals surface area (Å²) in [5, 5.41) is 3.26. The zero-order valence-corrected chi connectivity index (χ0v) is 23.1. The molecular weight excluding hydrogens is 488 g/mol. The molecule has 3 aromatic carbocycles. The summed E-state index contributed by atoms with van der Waals surface area (Å²) in [6.45, 7) is 8.48.